The van der Waals surface area contributed by atoms with Crippen molar-refractivity contribution < 1.29 is 30.7 Å². The summed E-state index contributed by atoms with van der Waals surface area (Å²) in [6, 6.07) is 3.85. The molecule has 15 heteroatoms. The third-order valence-corrected chi connectivity index (χ3v) is 9.47. The molecule has 2 N–H and O–H groups in total. The number of imidazole rings is 1. The number of hydrogen-bond donors (Lipinski definition) is 2. The molecule has 0 fully saturated rings. The van der Waals surface area contributed by atoms with Crippen LogP contribution >= 0.6 is 0 Å². The summed E-state index contributed by atoms with van der Waals surface area (Å²) in [5, 5.41) is 0. The Morgan fingerprint density at radius 3 is 2.32 bits per heavy atom. The highest BCUT2D eigenvalue weighted by atomic mass is 32.2. The van der Waals surface area contributed by atoms with Gasteiger partial charge in [-0.25, -0.2) is 36.0 Å². The summed E-state index contributed by atoms with van der Waals surface area (Å²) < 4.78 is 80.3. The van der Waals surface area contributed by atoms with E-state index in [0.717, 1.165) is 18.5 Å². The highest BCUT2D eigenvalue weighted by Gasteiger charge is 2.34. The van der Waals surface area contributed by atoms with Gasteiger partial charge in [-0.15, -0.1) is 0 Å². The van der Waals surface area contributed by atoms with Crippen LogP contribution in [0.25, 0.3) is 16.9 Å². The molecule has 12 nitrogen and oxygen atoms in total. The van der Waals surface area contributed by atoms with E-state index >= 15 is 4.39 Å². The molecule has 0 radical (unpaired) electrons. The Morgan fingerprint density at radius 1 is 1.03 bits per heavy atom. The first-order valence-electron chi connectivity index (χ1n) is 10.9. The summed E-state index contributed by atoms with van der Waals surface area (Å²) >= 11 is 0. The van der Waals surface area contributed by atoms with Crippen molar-refractivity contribution in [3.05, 3.63) is 59.3 Å². The van der Waals surface area contributed by atoms with Gasteiger partial charge in [-0.3, -0.25) is 9.12 Å². The Kier molecular flexibility index (Phi) is 6.69. The van der Waals surface area contributed by atoms with Crippen LogP contribution in [0, 0.1) is 5.82 Å². The summed E-state index contributed by atoms with van der Waals surface area (Å²) in [4.78, 5) is 20.6. The third-order valence-electron chi connectivity index (χ3n) is 5.64. The number of sulfonamides is 1. The predicted octanol–water partition coefficient (Wildman–Crippen LogP) is 2.61. The number of benzene rings is 1. The van der Waals surface area contributed by atoms with Gasteiger partial charge >= 0.3 is 5.69 Å². The van der Waals surface area contributed by atoms with Crippen molar-refractivity contribution in [1.29, 1.82) is 0 Å². The smallest absolute Gasteiger partial charge is 0.344 e. The molecule has 4 rings (SSSR count). The van der Waals surface area contributed by atoms with Gasteiger partial charge < -0.3 is 14.5 Å². The van der Waals surface area contributed by atoms with Crippen LogP contribution in [0.15, 0.2) is 57.6 Å². The topological polar surface area (TPSA) is 162 Å². The number of hydrogen-bond acceptors (Lipinski definition) is 9. The van der Waals surface area contributed by atoms with Crippen molar-refractivity contribution in [3.63, 3.8) is 0 Å². The molecule has 0 saturated carbocycles. The Balaban J connectivity index is 1.90. The third kappa shape index (κ3) is 4.69. The number of ether oxygens (including phenoxy) is 2. The lowest BCUT2D eigenvalue weighted by atomic mass is 10.1. The molecule has 4 aromatic rings. The summed E-state index contributed by atoms with van der Waals surface area (Å²) in [6.07, 6.45) is 4.50. The minimum absolute atomic E-state index is 0.0912. The number of methoxy groups -OCH3 is 2. The molecule has 1 aromatic carbocycles. The zero-order chi connectivity index (χ0) is 28.0. The average Bonchev–Trinajstić information content (AvgIpc) is 3.25. The Bertz CT molecular complexity index is 1800. The van der Waals surface area contributed by atoms with Gasteiger partial charge in [0.2, 0.25) is 0 Å². The number of pyridine rings is 1. The van der Waals surface area contributed by atoms with Crippen molar-refractivity contribution >= 4 is 31.2 Å². The minimum atomic E-state index is -4.31. The highest BCUT2D eigenvalue weighted by Crippen LogP contribution is 2.37. The van der Waals surface area contributed by atoms with Crippen LogP contribution in [0.5, 0.6) is 11.5 Å². The Labute approximate surface area is 217 Å². The van der Waals surface area contributed by atoms with E-state index < -0.39 is 36.1 Å². The first-order valence-corrected chi connectivity index (χ1v) is 13.9. The van der Waals surface area contributed by atoms with Gasteiger partial charge in [-0.1, -0.05) is 0 Å². The summed E-state index contributed by atoms with van der Waals surface area (Å²) in [5.74, 6) is -1.19. The zero-order valence-electron chi connectivity index (χ0n) is 20.9. The molecule has 3 heterocycles. The second kappa shape index (κ2) is 9.40. The fraction of sp³-hybridized carbons (Fsp3) is 0.261. The van der Waals surface area contributed by atoms with Crippen molar-refractivity contribution in [1.82, 2.24) is 19.4 Å². The van der Waals surface area contributed by atoms with Gasteiger partial charge in [0.05, 0.1) is 42.7 Å². The first kappa shape index (κ1) is 27.1. The molecule has 0 amide bonds. The molecule has 0 aliphatic carbocycles. The first-order chi connectivity index (χ1) is 17.7. The molecule has 0 aliphatic heterocycles. The standard InChI is InChI=1S/C23H24FN5O7S2/c1-23(2,3)37(31,32)19-12-29-17(11-25-20(29)8-18(19)35-4)13-6-15(24)21(36-5)16(7-13)28-38(33,34)14-9-26-22(30)27-10-14/h6-12,28H,1-5H3,(H,26,27,30). The molecule has 0 aliphatic rings. The van der Waals surface area contributed by atoms with Gasteiger partial charge in [0.1, 0.15) is 21.2 Å². The monoisotopic (exact) mass is 565 g/mol. The minimum Gasteiger partial charge on any atom is -0.495 e. The maximum absolute atomic E-state index is 15.1. The maximum atomic E-state index is 15.1. The molecule has 202 valence electrons. The van der Waals surface area contributed by atoms with E-state index in [9.17, 15) is 21.6 Å². The summed E-state index contributed by atoms with van der Waals surface area (Å²) in [5.41, 5.74) is -0.258. The van der Waals surface area contributed by atoms with Gasteiger partial charge in [0.25, 0.3) is 10.0 Å². The van der Waals surface area contributed by atoms with Gasteiger partial charge in [-0.05, 0) is 32.9 Å². The van der Waals surface area contributed by atoms with E-state index in [0.29, 0.717) is 5.65 Å². The van der Waals surface area contributed by atoms with Gasteiger partial charge in [0.15, 0.2) is 21.4 Å². The van der Waals surface area contributed by atoms with E-state index in [1.54, 1.807) is 20.8 Å². The van der Waals surface area contributed by atoms with Crippen LogP contribution in [0.2, 0.25) is 0 Å². The van der Waals surface area contributed by atoms with Gasteiger partial charge in [0, 0.05) is 24.0 Å². The maximum Gasteiger partial charge on any atom is 0.344 e. The predicted molar refractivity (Wildman–Crippen MR) is 136 cm³/mol. The number of sulfone groups is 1. The van der Waals surface area contributed by atoms with Crippen LogP contribution in [0.3, 0.4) is 0 Å². The molecular formula is C23H24FN5O7S2. The number of nitrogens with one attached hydrogen (secondary N) is 2. The molecule has 0 spiro atoms. The van der Waals surface area contributed by atoms with E-state index in [1.807, 2.05) is 0 Å². The Hall–Kier alpha value is -3.98. The second-order valence-corrected chi connectivity index (χ2v) is 13.4. The van der Waals surface area contributed by atoms with Crippen molar-refractivity contribution in [2.75, 3.05) is 18.9 Å². The SMILES string of the molecule is COc1cc2ncc(-c3cc(F)c(OC)c(NS(=O)(=O)c4cnc(=O)[nH]c4)c3)n2cc1S(=O)(=O)C(C)(C)C. The summed E-state index contributed by atoms with van der Waals surface area (Å²) in [7, 11) is -5.66. The number of aromatic nitrogens is 4. The van der Waals surface area contributed by atoms with Crippen molar-refractivity contribution in [3.8, 4) is 22.8 Å². The molecule has 0 atom stereocenters. The van der Waals surface area contributed by atoms with Crippen LogP contribution < -0.4 is 19.9 Å². The van der Waals surface area contributed by atoms with Crippen molar-refractivity contribution in [2.45, 2.75) is 35.3 Å². The number of H-pyrrole nitrogens is 1. The largest absolute Gasteiger partial charge is 0.495 e. The molecular weight excluding hydrogens is 541 g/mol. The van der Waals surface area contributed by atoms with Crippen molar-refractivity contribution in [2.24, 2.45) is 0 Å². The van der Waals surface area contributed by atoms with E-state index in [1.165, 1.54) is 43.1 Å². The Morgan fingerprint density at radius 2 is 1.74 bits per heavy atom. The van der Waals surface area contributed by atoms with Gasteiger partial charge in [-0.2, -0.15) is 0 Å². The van der Waals surface area contributed by atoms with Crippen LogP contribution in [0.1, 0.15) is 20.8 Å². The lowest BCUT2D eigenvalue weighted by molar-refractivity contribution is 0.389. The van der Waals surface area contributed by atoms with Crippen LogP contribution in [-0.2, 0) is 19.9 Å². The average molecular weight is 566 g/mol. The second-order valence-electron chi connectivity index (χ2n) is 9.09. The highest BCUT2D eigenvalue weighted by molar-refractivity contribution is 7.93. The molecule has 3 aromatic heterocycles. The number of aromatic amines is 1. The number of halogens is 1. The molecule has 0 unspecified atom stereocenters. The number of nitrogens with zero attached hydrogens (tertiary/aromatic N) is 3. The van der Waals surface area contributed by atoms with Crippen LogP contribution in [0.4, 0.5) is 10.1 Å². The fourth-order valence-corrected chi connectivity index (χ4v) is 5.87. The number of fused-ring (bicyclic) bond motifs is 1. The van der Waals surface area contributed by atoms with Crippen LogP contribution in [-0.4, -0.2) is 55.2 Å². The lowest BCUT2D eigenvalue weighted by Crippen LogP contribution is -2.28. The quantitative estimate of drug-likeness (QED) is 0.343. The fourth-order valence-electron chi connectivity index (χ4n) is 3.60. The molecule has 0 bridgehead atoms. The number of anilines is 1. The zero-order valence-corrected chi connectivity index (χ0v) is 22.6. The van der Waals surface area contributed by atoms with E-state index in [-0.39, 0.29) is 38.2 Å². The summed E-state index contributed by atoms with van der Waals surface area (Å²) in [6.45, 7) is 4.65. The molecule has 38 heavy (non-hydrogen) atoms. The van der Waals surface area contributed by atoms with E-state index in [2.05, 4.69) is 19.7 Å². The normalized spacial score (nSPS) is 12.5. The number of rotatable bonds is 7. The molecule has 0 saturated heterocycles. The lowest BCUT2D eigenvalue weighted by Gasteiger charge is -2.21. The van der Waals surface area contributed by atoms with E-state index in [4.69, 9.17) is 9.47 Å².